The number of para-hydroxylation sites is 3. The van der Waals surface area contributed by atoms with Gasteiger partial charge in [0.05, 0.1) is 39.0 Å². The van der Waals surface area contributed by atoms with Crippen molar-refractivity contribution >= 4 is 54.5 Å². The van der Waals surface area contributed by atoms with Crippen LogP contribution in [0.3, 0.4) is 0 Å². The van der Waals surface area contributed by atoms with E-state index in [1.807, 2.05) is 24.3 Å². The average molecular weight is 549 g/mol. The lowest BCUT2D eigenvalue weighted by Crippen LogP contribution is -1.94. The Hall–Kier alpha value is -5.87. The highest BCUT2D eigenvalue weighted by Crippen LogP contribution is 2.42. The van der Waals surface area contributed by atoms with Crippen molar-refractivity contribution in [2.24, 2.45) is 0 Å². The highest BCUT2D eigenvalue weighted by Gasteiger charge is 2.19. The zero-order valence-corrected chi connectivity index (χ0v) is 23.1. The minimum Gasteiger partial charge on any atom is -0.309 e. The Labute approximate surface area is 247 Å². The van der Waals surface area contributed by atoms with Gasteiger partial charge >= 0.3 is 0 Å². The quantitative estimate of drug-likeness (QED) is 0.206. The Balaban J connectivity index is 1.31. The van der Waals surface area contributed by atoms with Crippen molar-refractivity contribution in [3.8, 4) is 28.2 Å². The van der Waals surface area contributed by atoms with Crippen LogP contribution < -0.4 is 0 Å². The maximum atomic E-state index is 5.24. The van der Waals surface area contributed by atoms with Crippen molar-refractivity contribution in [2.45, 2.75) is 0 Å². The van der Waals surface area contributed by atoms with E-state index in [1.54, 1.807) is 6.20 Å². The van der Waals surface area contributed by atoms with Gasteiger partial charge in [0, 0.05) is 49.9 Å². The molecule has 0 saturated carbocycles. The van der Waals surface area contributed by atoms with Crippen LogP contribution >= 0.6 is 0 Å². The second-order valence-electron chi connectivity index (χ2n) is 10.9. The molecule has 0 amide bonds. The molecule has 0 saturated heterocycles. The fraction of sp³-hybridized carbons (Fsp3) is 0. The molecule has 0 aliphatic rings. The molecule has 0 spiro atoms. The van der Waals surface area contributed by atoms with E-state index in [0.717, 1.165) is 55.5 Å². The molecule has 0 N–H and O–H groups in total. The second-order valence-corrected chi connectivity index (χ2v) is 10.9. The zero-order chi connectivity index (χ0) is 28.3. The third-order valence-corrected chi connectivity index (χ3v) is 8.42. The lowest BCUT2D eigenvalue weighted by molar-refractivity contribution is 1.18. The van der Waals surface area contributed by atoms with E-state index in [2.05, 4.69) is 125 Å². The summed E-state index contributed by atoms with van der Waals surface area (Å²) < 4.78 is 2.37. The van der Waals surface area contributed by atoms with E-state index in [4.69, 9.17) is 9.97 Å². The summed E-state index contributed by atoms with van der Waals surface area (Å²) in [5, 5.41) is 6.03. The Kier molecular flexibility index (Phi) is 5.16. The third kappa shape index (κ3) is 3.67. The number of nitrogens with zero attached hydrogens (tertiary/aromatic N) is 4. The Bertz CT molecular complexity index is 2490. The molecule has 4 heterocycles. The summed E-state index contributed by atoms with van der Waals surface area (Å²) >= 11 is 0. The van der Waals surface area contributed by atoms with Gasteiger partial charge in [0.2, 0.25) is 0 Å². The van der Waals surface area contributed by atoms with Crippen molar-refractivity contribution < 1.29 is 0 Å². The van der Waals surface area contributed by atoms with Crippen molar-refractivity contribution in [3.63, 3.8) is 0 Å². The van der Waals surface area contributed by atoms with Gasteiger partial charge in [-0.05, 0) is 54.6 Å². The molecule has 5 aromatic carbocycles. The summed E-state index contributed by atoms with van der Waals surface area (Å²) in [7, 11) is 0. The number of hydrogen-bond acceptors (Lipinski definition) is 3. The zero-order valence-electron chi connectivity index (χ0n) is 23.1. The normalized spacial score (nSPS) is 11.7. The van der Waals surface area contributed by atoms with Crippen molar-refractivity contribution in [1.82, 2.24) is 19.5 Å². The fourth-order valence-electron chi connectivity index (χ4n) is 6.49. The van der Waals surface area contributed by atoms with E-state index in [0.29, 0.717) is 0 Å². The van der Waals surface area contributed by atoms with Crippen LogP contribution in [-0.2, 0) is 0 Å². The number of aromatic nitrogens is 4. The minimum atomic E-state index is 0.893. The van der Waals surface area contributed by atoms with Crippen molar-refractivity contribution in [1.29, 1.82) is 0 Å². The highest BCUT2D eigenvalue weighted by atomic mass is 15.0. The average Bonchev–Trinajstić information content (AvgIpc) is 3.42. The van der Waals surface area contributed by atoms with Gasteiger partial charge in [-0.2, -0.15) is 0 Å². The van der Waals surface area contributed by atoms with E-state index < -0.39 is 0 Å². The van der Waals surface area contributed by atoms with E-state index >= 15 is 0 Å². The van der Waals surface area contributed by atoms with Gasteiger partial charge in [0.1, 0.15) is 0 Å². The molecule has 0 fully saturated rings. The first-order chi connectivity index (χ1) is 21.3. The molecule has 200 valence electrons. The van der Waals surface area contributed by atoms with E-state index in [9.17, 15) is 0 Å². The Morgan fingerprint density at radius 2 is 1.16 bits per heavy atom. The van der Waals surface area contributed by atoms with Crippen LogP contribution in [0.15, 0.2) is 146 Å². The summed E-state index contributed by atoms with van der Waals surface area (Å²) in [6.07, 6.45) is 1.80. The smallest absolute Gasteiger partial charge is 0.0894 e. The monoisotopic (exact) mass is 548 g/mol. The minimum absolute atomic E-state index is 0.893. The van der Waals surface area contributed by atoms with Gasteiger partial charge < -0.3 is 4.57 Å². The summed E-state index contributed by atoms with van der Waals surface area (Å²) in [6, 6.07) is 48.9. The summed E-state index contributed by atoms with van der Waals surface area (Å²) in [6.45, 7) is 0. The van der Waals surface area contributed by atoms with Gasteiger partial charge in [-0.3, -0.25) is 4.98 Å². The van der Waals surface area contributed by atoms with Crippen molar-refractivity contribution in [2.75, 3.05) is 0 Å². The lowest BCUT2D eigenvalue weighted by atomic mass is 9.95. The standard InChI is InChI=1S/C39H24N4/c1-2-9-27(10-3-1)43-35-15-7-5-12-29(35)38-36(43)23-20-30-37(38)28-11-4-6-13-32(28)42-39(30)26-18-16-25(17-19-26)31-21-22-33-34(41-31)14-8-24-40-33/h1-24H. The first kappa shape index (κ1) is 23.8. The number of fused-ring (bicyclic) bond motifs is 8. The molecule has 4 aromatic heterocycles. The molecule has 4 nitrogen and oxygen atoms in total. The van der Waals surface area contributed by atoms with Crippen LogP contribution in [-0.4, -0.2) is 19.5 Å². The number of hydrogen-bond donors (Lipinski definition) is 0. The molecule has 43 heavy (non-hydrogen) atoms. The Morgan fingerprint density at radius 3 is 2.05 bits per heavy atom. The highest BCUT2D eigenvalue weighted by molar-refractivity contribution is 6.29. The number of benzene rings is 5. The van der Waals surface area contributed by atoms with Crippen molar-refractivity contribution in [3.05, 3.63) is 146 Å². The van der Waals surface area contributed by atoms with Crippen LogP contribution in [0.2, 0.25) is 0 Å². The van der Waals surface area contributed by atoms with Crippen LogP contribution in [0.1, 0.15) is 0 Å². The first-order valence-corrected chi connectivity index (χ1v) is 14.5. The molecule has 0 bridgehead atoms. The molecule has 0 radical (unpaired) electrons. The summed E-state index contributed by atoms with van der Waals surface area (Å²) in [4.78, 5) is 14.5. The first-order valence-electron chi connectivity index (χ1n) is 14.5. The largest absolute Gasteiger partial charge is 0.309 e. The maximum Gasteiger partial charge on any atom is 0.0894 e. The molecule has 9 aromatic rings. The molecule has 0 atom stereocenters. The summed E-state index contributed by atoms with van der Waals surface area (Å²) in [5.41, 5.74) is 10.4. The topological polar surface area (TPSA) is 43.6 Å². The third-order valence-electron chi connectivity index (χ3n) is 8.42. The van der Waals surface area contributed by atoms with Crippen LogP contribution in [0, 0.1) is 0 Å². The molecule has 0 aliphatic heterocycles. The van der Waals surface area contributed by atoms with Crippen LogP contribution in [0.25, 0.3) is 82.7 Å². The second kappa shape index (κ2) is 9.33. The Morgan fingerprint density at radius 1 is 0.419 bits per heavy atom. The van der Waals surface area contributed by atoms with E-state index in [1.165, 1.54) is 27.2 Å². The predicted octanol–water partition coefficient (Wildman–Crippen LogP) is 9.76. The SMILES string of the molecule is c1ccc(-n2c3ccccc3c3c4c(ccc32)c(-c2ccc(-c3ccc5ncccc5n3)cc2)nc2ccccc24)cc1. The molecule has 4 heteroatoms. The number of rotatable bonds is 3. The van der Waals surface area contributed by atoms with Gasteiger partial charge in [0.25, 0.3) is 0 Å². The molecule has 9 rings (SSSR count). The summed E-state index contributed by atoms with van der Waals surface area (Å²) in [5.74, 6) is 0. The van der Waals surface area contributed by atoms with E-state index in [-0.39, 0.29) is 0 Å². The van der Waals surface area contributed by atoms with Gasteiger partial charge in [-0.15, -0.1) is 0 Å². The maximum absolute atomic E-state index is 5.24. The molecular weight excluding hydrogens is 524 g/mol. The molecular formula is C39H24N4. The number of pyridine rings is 3. The van der Waals surface area contributed by atoms with Crippen LogP contribution in [0.5, 0.6) is 0 Å². The van der Waals surface area contributed by atoms with Gasteiger partial charge in [0.15, 0.2) is 0 Å². The van der Waals surface area contributed by atoms with Gasteiger partial charge in [-0.1, -0.05) is 84.9 Å². The molecule has 0 aliphatic carbocycles. The van der Waals surface area contributed by atoms with Gasteiger partial charge in [-0.25, -0.2) is 9.97 Å². The lowest BCUT2D eigenvalue weighted by Gasteiger charge is -2.13. The predicted molar refractivity (Wildman–Crippen MR) is 178 cm³/mol. The molecule has 0 unspecified atom stereocenters. The fourth-order valence-corrected chi connectivity index (χ4v) is 6.49. The van der Waals surface area contributed by atoms with Crippen LogP contribution in [0.4, 0.5) is 0 Å².